The van der Waals surface area contributed by atoms with Crippen LogP contribution < -0.4 is 10.2 Å². The van der Waals surface area contributed by atoms with Crippen molar-refractivity contribution in [2.45, 2.75) is 56.4 Å². The number of aliphatic hydroxyl groups excluding tert-OH is 1. The second-order valence-electron chi connectivity index (χ2n) is 10.1. The molecule has 0 aliphatic carbocycles. The van der Waals surface area contributed by atoms with Crippen molar-refractivity contribution in [3.05, 3.63) is 78.1 Å². The van der Waals surface area contributed by atoms with E-state index in [1.165, 1.54) is 18.7 Å². The zero-order chi connectivity index (χ0) is 28.2. The molecule has 0 aliphatic rings. The van der Waals surface area contributed by atoms with Gasteiger partial charge in [0.2, 0.25) is 5.91 Å². The van der Waals surface area contributed by atoms with Gasteiger partial charge in [-0.3, -0.25) is 4.79 Å². The highest BCUT2D eigenvalue weighted by atomic mass is 32.2. The first-order valence-corrected chi connectivity index (χ1v) is 13.4. The van der Waals surface area contributed by atoms with Crippen molar-refractivity contribution >= 4 is 51.9 Å². The number of aromatic nitrogens is 2. The molecule has 9 heteroatoms. The summed E-state index contributed by atoms with van der Waals surface area (Å²) in [6, 6.07) is 18.9. The highest BCUT2D eigenvalue weighted by molar-refractivity contribution is 7.99. The number of carbonyl (C=O) groups is 2. The van der Waals surface area contributed by atoms with E-state index in [2.05, 4.69) is 15.3 Å². The number of hydrogen-bond acceptors (Lipinski definition) is 7. The first kappa shape index (κ1) is 28.1. The Hall–Kier alpha value is -3.95. The number of aryl methyl sites for hydroxylation is 1. The molecule has 2 aromatic carbocycles. The maximum Gasteiger partial charge on any atom is 0.419 e. The molecule has 4 rings (SSSR count). The molecule has 202 valence electrons. The molecule has 0 spiro atoms. The van der Waals surface area contributed by atoms with Crippen LogP contribution in [0.25, 0.3) is 11.0 Å². The molecule has 0 atom stereocenters. The van der Waals surface area contributed by atoms with Crippen molar-refractivity contribution in [3.63, 3.8) is 0 Å². The minimum atomic E-state index is -0.721. The zero-order valence-electron chi connectivity index (χ0n) is 22.7. The molecular formula is C30H32N4O4S. The fraction of sp³-hybridized carbons (Fsp3) is 0.267. The molecule has 0 saturated carbocycles. The monoisotopic (exact) mass is 544 g/mol. The number of amides is 2. The van der Waals surface area contributed by atoms with Crippen molar-refractivity contribution in [1.29, 1.82) is 0 Å². The standard InChI is InChI=1S/C30H32N4O4S/c1-19-6-13-27(39-23-10-7-21(8-11-23)32-20(2)36)26(18-19)34(29(37)38-30(3,4)5)25-14-16-31-28-24(25)12-9-22(33-28)15-17-35/h6-14,16,18,35H,15,17H2,1-5H3,(H,32,36). The van der Waals surface area contributed by atoms with Gasteiger partial charge in [0.1, 0.15) is 5.60 Å². The predicted molar refractivity (Wildman–Crippen MR) is 155 cm³/mol. The van der Waals surface area contributed by atoms with Gasteiger partial charge in [-0.2, -0.15) is 0 Å². The minimum Gasteiger partial charge on any atom is -0.443 e. The van der Waals surface area contributed by atoms with E-state index in [0.717, 1.165) is 15.4 Å². The number of ether oxygens (including phenoxy) is 1. The second-order valence-corrected chi connectivity index (χ2v) is 11.2. The van der Waals surface area contributed by atoms with Crippen molar-refractivity contribution in [1.82, 2.24) is 9.97 Å². The number of benzene rings is 2. The highest BCUT2D eigenvalue weighted by Gasteiger charge is 2.28. The normalized spacial score (nSPS) is 11.3. The van der Waals surface area contributed by atoms with Gasteiger partial charge in [-0.25, -0.2) is 19.7 Å². The number of aliphatic hydroxyl groups is 1. The smallest absolute Gasteiger partial charge is 0.419 e. The number of hydrogen-bond donors (Lipinski definition) is 2. The number of nitrogens with one attached hydrogen (secondary N) is 1. The molecule has 39 heavy (non-hydrogen) atoms. The summed E-state index contributed by atoms with van der Waals surface area (Å²) in [5, 5.41) is 12.8. The third kappa shape index (κ3) is 7.13. The van der Waals surface area contributed by atoms with Crippen LogP contribution in [-0.4, -0.2) is 39.3 Å². The topological polar surface area (TPSA) is 105 Å². The van der Waals surface area contributed by atoms with Crippen molar-refractivity contribution < 1.29 is 19.4 Å². The number of nitrogens with zero attached hydrogens (tertiary/aromatic N) is 3. The van der Waals surface area contributed by atoms with E-state index in [1.54, 1.807) is 17.2 Å². The van der Waals surface area contributed by atoms with E-state index in [0.29, 0.717) is 40.2 Å². The third-order valence-electron chi connectivity index (χ3n) is 5.58. The molecule has 0 fully saturated rings. The van der Waals surface area contributed by atoms with Crippen LogP contribution in [0.15, 0.2) is 76.7 Å². The number of carbonyl (C=O) groups excluding carboxylic acids is 2. The zero-order valence-corrected chi connectivity index (χ0v) is 23.5. The van der Waals surface area contributed by atoms with Crippen LogP contribution in [0, 0.1) is 6.92 Å². The molecule has 0 aliphatic heterocycles. The number of fused-ring (bicyclic) bond motifs is 1. The van der Waals surface area contributed by atoms with Gasteiger partial charge >= 0.3 is 6.09 Å². The summed E-state index contributed by atoms with van der Waals surface area (Å²) in [4.78, 5) is 37.6. The number of pyridine rings is 2. The predicted octanol–water partition coefficient (Wildman–Crippen LogP) is 6.66. The molecule has 8 nitrogen and oxygen atoms in total. The third-order valence-corrected chi connectivity index (χ3v) is 6.65. The SMILES string of the molecule is CC(=O)Nc1ccc(Sc2ccc(C)cc2N(C(=O)OC(C)(C)C)c2ccnc3nc(CCO)ccc23)cc1. The Kier molecular flexibility index (Phi) is 8.52. The van der Waals surface area contributed by atoms with Gasteiger partial charge in [-0.15, -0.1) is 0 Å². The number of rotatable bonds is 7. The largest absolute Gasteiger partial charge is 0.443 e. The Bertz CT molecular complexity index is 1500. The summed E-state index contributed by atoms with van der Waals surface area (Å²) >= 11 is 1.50. The molecule has 2 heterocycles. The van der Waals surface area contributed by atoms with Gasteiger partial charge in [-0.1, -0.05) is 17.8 Å². The Balaban J connectivity index is 1.83. The van der Waals surface area contributed by atoms with Gasteiger partial charge in [0.25, 0.3) is 0 Å². The number of anilines is 3. The van der Waals surface area contributed by atoms with Crippen molar-refractivity contribution in [3.8, 4) is 0 Å². The van der Waals surface area contributed by atoms with Gasteiger partial charge in [0.05, 0.1) is 11.4 Å². The van der Waals surface area contributed by atoms with Gasteiger partial charge < -0.3 is 15.2 Å². The summed E-state index contributed by atoms with van der Waals surface area (Å²) in [6.45, 7) is 8.92. The molecule has 2 amide bonds. The fourth-order valence-corrected chi connectivity index (χ4v) is 4.88. The van der Waals surface area contributed by atoms with Crippen LogP contribution in [0.5, 0.6) is 0 Å². The molecule has 2 aromatic heterocycles. The summed E-state index contributed by atoms with van der Waals surface area (Å²) in [7, 11) is 0. The quantitative estimate of drug-likeness (QED) is 0.268. The van der Waals surface area contributed by atoms with Crippen LogP contribution in [0.3, 0.4) is 0 Å². The lowest BCUT2D eigenvalue weighted by Crippen LogP contribution is -2.34. The summed E-state index contributed by atoms with van der Waals surface area (Å²) in [5.74, 6) is -0.133. The van der Waals surface area contributed by atoms with Crippen LogP contribution in [0.2, 0.25) is 0 Å². The summed E-state index contributed by atoms with van der Waals surface area (Å²) in [5.41, 5.74) is 3.41. The van der Waals surface area contributed by atoms with Crippen molar-refractivity contribution in [2.24, 2.45) is 0 Å². The second kappa shape index (κ2) is 11.8. The average Bonchev–Trinajstić information content (AvgIpc) is 2.86. The van der Waals surface area contributed by atoms with Crippen LogP contribution in [-0.2, 0) is 16.0 Å². The van der Waals surface area contributed by atoms with Crippen molar-refractivity contribution in [2.75, 3.05) is 16.8 Å². The highest BCUT2D eigenvalue weighted by Crippen LogP contribution is 2.41. The average molecular weight is 545 g/mol. The molecule has 2 N–H and O–H groups in total. The van der Waals surface area contributed by atoms with Gasteiger partial charge in [-0.05, 0) is 87.9 Å². The van der Waals surface area contributed by atoms with E-state index in [9.17, 15) is 14.7 Å². The molecule has 0 saturated heterocycles. The molecule has 0 bridgehead atoms. The molecular weight excluding hydrogens is 512 g/mol. The molecule has 0 unspecified atom stereocenters. The first-order chi connectivity index (χ1) is 18.5. The Morgan fingerprint density at radius 3 is 2.44 bits per heavy atom. The van der Waals surface area contributed by atoms with Gasteiger partial charge in [0.15, 0.2) is 5.65 Å². The maximum atomic E-state index is 13.8. The lowest BCUT2D eigenvalue weighted by molar-refractivity contribution is -0.114. The summed E-state index contributed by atoms with van der Waals surface area (Å²) in [6.07, 6.45) is 1.51. The van der Waals surface area contributed by atoms with Crippen LogP contribution >= 0.6 is 11.8 Å². The Morgan fingerprint density at radius 1 is 1.03 bits per heavy atom. The van der Waals surface area contributed by atoms with E-state index in [4.69, 9.17) is 4.74 Å². The Morgan fingerprint density at radius 2 is 1.77 bits per heavy atom. The van der Waals surface area contributed by atoms with E-state index >= 15 is 0 Å². The van der Waals surface area contributed by atoms with E-state index in [-0.39, 0.29) is 12.5 Å². The summed E-state index contributed by atoms with van der Waals surface area (Å²) < 4.78 is 5.88. The van der Waals surface area contributed by atoms with Crippen LogP contribution in [0.1, 0.15) is 39.0 Å². The Labute approximate surface area is 232 Å². The van der Waals surface area contributed by atoms with E-state index in [1.807, 2.05) is 82.3 Å². The van der Waals surface area contributed by atoms with E-state index < -0.39 is 11.7 Å². The maximum absolute atomic E-state index is 13.8. The fourth-order valence-electron chi connectivity index (χ4n) is 3.96. The molecule has 0 radical (unpaired) electrons. The lowest BCUT2D eigenvalue weighted by Gasteiger charge is -2.29. The lowest BCUT2D eigenvalue weighted by atomic mass is 10.1. The minimum absolute atomic E-state index is 0.0160. The first-order valence-electron chi connectivity index (χ1n) is 12.6. The molecule has 4 aromatic rings. The van der Waals surface area contributed by atoms with Crippen LogP contribution in [0.4, 0.5) is 21.9 Å². The van der Waals surface area contributed by atoms with Gasteiger partial charge in [0, 0.05) is 52.7 Å².